The molecular formula is C11H27N2O3P. The fourth-order valence-corrected chi connectivity index (χ4v) is 2.27. The largest absolute Gasteiger partial charge is 0.332 e. The maximum absolute atomic E-state index is 5.71. The van der Waals surface area contributed by atoms with Crippen LogP contribution in [0.15, 0.2) is 0 Å². The predicted octanol–water partition coefficient (Wildman–Crippen LogP) is 2.02. The summed E-state index contributed by atoms with van der Waals surface area (Å²) in [6, 6.07) is 0. The van der Waals surface area contributed by atoms with E-state index in [9.17, 15) is 0 Å². The number of nitrogens with two attached hydrogens (primary N) is 1. The number of hydrogen-bond acceptors (Lipinski definition) is 5. The van der Waals surface area contributed by atoms with Crippen molar-refractivity contribution in [2.75, 3.05) is 32.8 Å². The normalized spacial score (nSPS) is 13.2. The molecule has 1 atom stereocenters. The zero-order valence-electron chi connectivity index (χ0n) is 11.3. The van der Waals surface area contributed by atoms with Crippen LogP contribution in [0.25, 0.3) is 0 Å². The average molecular weight is 266 g/mol. The Balaban J connectivity index is 3.55. The molecule has 5 nitrogen and oxygen atoms in total. The van der Waals surface area contributed by atoms with Crippen molar-refractivity contribution in [2.24, 2.45) is 5.73 Å². The summed E-state index contributed by atoms with van der Waals surface area (Å²) < 4.78 is 16.5. The van der Waals surface area contributed by atoms with E-state index in [0.717, 1.165) is 25.9 Å². The Morgan fingerprint density at radius 2 is 1.82 bits per heavy atom. The third kappa shape index (κ3) is 11.1. The van der Waals surface area contributed by atoms with Crippen LogP contribution in [0.4, 0.5) is 0 Å². The highest BCUT2D eigenvalue weighted by Crippen LogP contribution is 2.41. The third-order valence-electron chi connectivity index (χ3n) is 2.02. The van der Waals surface area contributed by atoms with Crippen LogP contribution in [0.1, 0.15) is 33.6 Å². The van der Waals surface area contributed by atoms with E-state index in [1.165, 1.54) is 0 Å². The Morgan fingerprint density at radius 3 is 2.35 bits per heavy atom. The number of rotatable bonds is 12. The minimum absolute atomic E-state index is 0.166. The third-order valence-corrected chi connectivity index (χ3v) is 3.49. The molecular weight excluding hydrogens is 239 g/mol. The number of hydrogen-bond donors (Lipinski definition) is 2. The first-order chi connectivity index (χ1) is 8.24. The van der Waals surface area contributed by atoms with Crippen LogP contribution in [0, 0.1) is 0 Å². The van der Waals surface area contributed by atoms with Gasteiger partial charge in [-0.3, -0.25) is 0 Å². The van der Waals surface area contributed by atoms with E-state index < -0.39 is 8.60 Å². The molecule has 0 fully saturated rings. The fraction of sp³-hybridized carbons (Fsp3) is 1.00. The molecule has 0 amide bonds. The van der Waals surface area contributed by atoms with Gasteiger partial charge >= 0.3 is 8.60 Å². The van der Waals surface area contributed by atoms with Crippen molar-refractivity contribution in [3.63, 3.8) is 0 Å². The second-order valence-corrected chi connectivity index (χ2v) is 4.83. The Hall–Kier alpha value is 0.230. The Labute approximate surface area is 106 Å². The zero-order valence-corrected chi connectivity index (χ0v) is 12.2. The lowest BCUT2D eigenvalue weighted by Crippen LogP contribution is -2.24. The van der Waals surface area contributed by atoms with Gasteiger partial charge in [0.15, 0.2) is 0 Å². The van der Waals surface area contributed by atoms with Crippen molar-refractivity contribution < 1.29 is 13.6 Å². The van der Waals surface area contributed by atoms with Crippen molar-refractivity contribution in [3.05, 3.63) is 0 Å². The second kappa shape index (κ2) is 12.7. The van der Waals surface area contributed by atoms with Gasteiger partial charge in [0.2, 0.25) is 0 Å². The summed E-state index contributed by atoms with van der Waals surface area (Å²) in [7, 11) is -1.17. The first-order valence-electron chi connectivity index (χ1n) is 6.38. The maximum Gasteiger partial charge on any atom is 0.332 e. The fourth-order valence-electron chi connectivity index (χ4n) is 1.25. The summed E-state index contributed by atoms with van der Waals surface area (Å²) in [5, 5.41) is 3.26. The van der Waals surface area contributed by atoms with Gasteiger partial charge in [-0.05, 0) is 40.2 Å². The van der Waals surface area contributed by atoms with Crippen LogP contribution in [0.2, 0.25) is 0 Å². The van der Waals surface area contributed by atoms with E-state index in [2.05, 4.69) is 12.2 Å². The Kier molecular flexibility index (Phi) is 12.9. The lowest BCUT2D eigenvalue weighted by molar-refractivity contribution is 0.127. The van der Waals surface area contributed by atoms with Gasteiger partial charge in [0, 0.05) is 13.1 Å². The molecule has 0 bridgehead atoms. The molecule has 1 unspecified atom stereocenters. The smallest absolute Gasteiger partial charge is 0.329 e. The van der Waals surface area contributed by atoms with E-state index in [4.69, 9.17) is 19.3 Å². The van der Waals surface area contributed by atoms with Gasteiger partial charge in [-0.25, -0.2) is 0 Å². The van der Waals surface area contributed by atoms with Crippen molar-refractivity contribution in [3.8, 4) is 0 Å². The minimum atomic E-state index is -1.17. The van der Waals surface area contributed by atoms with Gasteiger partial charge in [0.05, 0.1) is 19.3 Å². The van der Waals surface area contributed by atoms with Crippen molar-refractivity contribution in [2.45, 2.75) is 39.7 Å². The molecule has 0 aromatic carbocycles. The molecule has 17 heavy (non-hydrogen) atoms. The molecule has 0 aliphatic heterocycles. The van der Waals surface area contributed by atoms with Crippen LogP contribution in [-0.4, -0.2) is 39.0 Å². The van der Waals surface area contributed by atoms with Crippen molar-refractivity contribution in [1.82, 2.24) is 5.32 Å². The van der Waals surface area contributed by atoms with E-state index in [0.29, 0.717) is 19.8 Å². The Morgan fingerprint density at radius 1 is 1.18 bits per heavy atom. The molecule has 0 radical (unpaired) electrons. The van der Waals surface area contributed by atoms with E-state index in [-0.39, 0.29) is 6.10 Å². The summed E-state index contributed by atoms with van der Waals surface area (Å²) in [6.07, 6.45) is 2.23. The highest BCUT2D eigenvalue weighted by Gasteiger charge is 2.15. The summed E-state index contributed by atoms with van der Waals surface area (Å²) in [6.45, 7) is 9.72. The molecule has 104 valence electrons. The molecule has 0 aliphatic carbocycles. The summed E-state index contributed by atoms with van der Waals surface area (Å²) in [5.41, 5.74) is 5.39. The quantitative estimate of drug-likeness (QED) is 0.418. The van der Waals surface area contributed by atoms with Crippen molar-refractivity contribution in [1.29, 1.82) is 0 Å². The van der Waals surface area contributed by atoms with E-state index in [1.54, 1.807) is 0 Å². The van der Waals surface area contributed by atoms with Crippen LogP contribution >= 0.6 is 8.60 Å². The van der Waals surface area contributed by atoms with Crippen LogP contribution < -0.4 is 11.1 Å². The molecule has 0 aromatic heterocycles. The second-order valence-electron chi connectivity index (χ2n) is 3.66. The van der Waals surface area contributed by atoms with Gasteiger partial charge in [-0.1, -0.05) is 0 Å². The maximum atomic E-state index is 5.71. The topological polar surface area (TPSA) is 65.7 Å². The first-order valence-corrected chi connectivity index (χ1v) is 7.47. The minimum Gasteiger partial charge on any atom is -0.329 e. The predicted molar refractivity (Wildman–Crippen MR) is 71.9 cm³/mol. The summed E-state index contributed by atoms with van der Waals surface area (Å²) in [5.74, 6) is 0. The van der Waals surface area contributed by atoms with Crippen LogP contribution in [0.5, 0.6) is 0 Å². The van der Waals surface area contributed by atoms with Crippen LogP contribution in [-0.2, 0) is 13.6 Å². The zero-order chi connectivity index (χ0) is 12.9. The standard InChI is InChI=1S/C11H27N2O3P/c1-4-14-17(15-5-2)16-11(3)7-6-9-13-10-8-12/h11,13H,4-10,12H2,1-3H3. The monoisotopic (exact) mass is 266 g/mol. The number of nitrogens with one attached hydrogen (secondary N) is 1. The highest BCUT2D eigenvalue weighted by molar-refractivity contribution is 7.41. The molecule has 0 aliphatic rings. The summed E-state index contributed by atoms with van der Waals surface area (Å²) >= 11 is 0. The van der Waals surface area contributed by atoms with E-state index in [1.807, 2.05) is 13.8 Å². The molecule has 0 spiro atoms. The molecule has 0 aromatic rings. The lowest BCUT2D eigenvalue weighted by Gasteiger charge is -2.19. The first kappa shape index (κ1) is 17.2. The molecule has 0 rings (SSSR count). The molecule has 6 heteroatoms. The van der Waals surface area contributed by atoms with Gasteiger partial charge < -0.3 is 24.6 Å². The molecule has 3 N–H and O–H groups in total. The van der Waals surface area contributed by atoms with Crippen molar-refractivity contribution >= 4 is 8.60 Å². The van der Waals surface area contributed by atoms with E-state index >= 15 is 0 Å². The lowest BCUT2D eigenvalue weighted by atomic mass is 10.2. The molecule has 0 saturated carbocycles. The SMILES string of the molecule is CCOP(OCC)OC(C)CCCNCCN. The van der Waals surface area contributed by atoms with Gasteiger partial charge in [0.1, 0.15) is 0 Å². The van der Waals surface area contributed by atoms with Gasteiger partial charge in [-0.2, -0.15) is 0 Å². The molecule has 0 saturated heterocycles. The highest BCUT2D eigenvalue weighted by atomic mass is 31.2. The van der Waals surface area contributed by atoms with Gasteiger partial charge in [0.25, 0.3) is 0 Å². The van der Waals surface area contributed by atoms with Crippen LogP contribution in [0.3, 0.4) is 0 Å². The summed E-state index contributed by atoms with van der Waals surface area (Å²) in [4.78, 5) is 0. The Bertz CT molecular complexity index is 158. The van der Waals surface area contributed by atoms with Gasteiger partial charge in [-0.15, -0.1) is 0 Å². The average Bonchev–Trinajstić information content (AvgIpc) is 2.29. The molecule has 0 heterocycles.